The van der Waals surface area contributed by atoms with Crippen LogP contribution in [0.2, 0.25) is 0 Å². The third kappa shape index (κ3) is 8.11. The quantitative estimate of drug-likeness (QED) is 0.355. The van der Waals surface area contributed by atoms with Crippen LogP contribution in [0.3, 0.4) is 0 Å². The summed E-state index contributed by atoms with van der Waals surface area (Å²) in [6.45, 7) is 13.2. The molecule has 3 saturated heterocycles. The molecule has 0 unspecified atom stereocenters. The summed E-state index contributed by atoms with van der Waals surface area (Å²) in [5, 5.41) is 37.7. The maximum absolute atomic E-state index is 13.7. The van der Waals surface area contributed by atoms with Crippen molar-refractivity contribution in [3.8, 4) is 0 Å². The average Bonchev–Trinajstić information content (AvgIpc) is 3.42. The lowest BCUT2D eigenvalue weighted by Crippen LogP contribution is -2.60. The summed E-state index contributed by atoms with van der Waals surface area (Å²) < 4.78 is 12.5. The second kappa shape index (κ2) is 14.7. The van der Waals surface area contributed by atoms with E-state index in [9.17, 15) is 29.7 Å². The molecule has 0 bridgehead atoms. The van der Waals surface area contributed by atoms with E-state index < -0.39 is 60.0 Å². The summed E-state index contributed by atoms with van der Waals surface area (Å²) >= 11 is 0. The Morgan fingerprint density at radius 1 is 1.07 bits per heavy atom. The van der Waals surface area contributed by atoms with Crippen molar-refractivity contribution in [2.24, 2.45) is 23.7 Å². The number of likely N-dealkylation sites (N-methyl/N-ethyl adjacent to an activating group) is 2. The smallest absolute Gasteiger partial charge is 0.246 e. The topological polar surface area (TPSA) is 152 Å². The highest BCUT2D eigenvalue weighted by molar-refractivity contribution is 5.93. The Balaban J connectivity index is 2.01. The number of carbonyl (C=O) groups excluding carboxylic acids is 3. The van der Waals surface area contributed by atoms with E-state index in [2.05, 4.69) is 5.32 Å². The van der Waals surface area contributed by atoms with Gasteiger partial charge in [-0.2, -0.15) is 0 Å². The normalized spacial score (nSPS) is 42.2. The zero-order chi connectivity index (χ0) is 33.3. The second-order valence-corrected chi connectivity index (χ2v) is 14.6. The zero-order valence-electron chi connectivity index (χ0n) is 28.4. The molecule has 12 nitrogen and oxygen atoms in total. The largest absolute Gasteiger partial charge is 0.392 e. The molecule has 12 atom stereocenters. The Morgan fingerprint density at radius 3 is 2.30 bits per heavy atom. The lowest BCUT2D eigenvalue weighted by Gasteiger charge is -2.46. The fraction of sp³-hybridized carbons (Fsp3) is 0.906. The number of nitrogens with zero attached hydrogens (tertiary/aromatic N) is 3. The van der Waals surface area contributed by atoms with Gasteiger partial charge in [0.15, 0.2) is 6.29 Å². The number of rotatable bonds is 4. The van der Waals surface area contributed by atoms with Crippen molar-refractivity contribution in [3.63, 3.8) is 0 Å². The summed E-state index contributed by atoms with van der Waals surface area (Å²) in [7, 11) is 5.45. The van der Waals surface area contributed by atoms with Crippen LogP contribution in [0.5, 0.6) is 0 Å². The van der Waals surface area contributed by atoms with E-state index in [0.29, 0.717) is 32.4 Å². The molecule has 3 aliphatic rings. The number of amides is 3. The van der Waals surface area contributed by atoms with Crippen LogP contribution in [0.15, 0.2) is 0 Å². The molecule has 3 rings (SSSR count). The lowest BCUT2D eigenvalue weighted by atomic mass is 9.77. The van der Waals surface area contributed by atoms with Gasteiger partial charge in [-0.05, 0) is 65.5 Å². The van der Waals surface area contributed by atoms with Crippen LogP contribution in [0.25, 0.3) is 0 Å². The minimum atomic E-state index is -1.54. The summed E-state index contributed by atoms with van der Waals surface area (Å²) in [6, 6.07) is -1.74. The van der Waals surface area contributed by atoms with E-state index in [-0.39, 0.29) is 42.2 Å². The summed E-state index contributed by atoms with van der Waals surface area (Å²) in [4.78, 5) is 46.0. The molecular formula is C32H58N4O8. The Bertz CT molecular complexity index is 1010. The molecule has 44 heavy (non-hydrogen) atoms. The lowest BCUT2D eigenvalue weighted by molar-refractivity contribution is -0.299. The van der Waals surface area contributed by atoms with Crippen LogP contribution in [-0.2, 0) is 23.9 Å². The van der Waals surface area contributed by atoms with Gasteiger partial charge in [0.1, 0.15) is 18.2 Å². The molecule has 0 radical (unpaired) electrons. The summed E-state index contributed by atoms with van der Waals surface area (Å²) in [6.07, 6.45) is -2.62. The second-order valence-electron chi connectivity index (χ2n) is 14.6. The number of ether oxygens (including phenoxy) is 2. The minimum Gasteiger partial charge on any atom is -0.392 e. The van der Waals surface area contributed by atoms with E-state index in [1.165, 1.54) is 0 Å². The zero-order valence-corrected chi connectivity index (χ0v) is 28.4. The van der Waals surface area contributed by atoms with Gasteiger partial charge in [-0.25, -0.2) is 0 Å². The van der Waals surface area contributed by atoms with Crippen molar-refractivity contribution in [1.29, 1.82) is 0 Å². The molecule has 3 amide bonds. The third-order valence-electron chi connectivity index (χ3n) is 9.89. The highest BCUT2D eigenvalue weighted by Crippen LogP contribution is 2.35. The molecule has 0 saturated carbocycles. The highest BCUT2D eigenvalue weighted by Gasteiger charge is 2.48. The minimum absolute atomic E-state index is 0.171. The Morgan fingerprint density at radius 2 is 1.70 bits per heavy atom. The van der Waals surface area contributed by atoms with E-state index >= 15 is 0 Å². The number of aliphatic hydroxyl groups excluding tert-OH is 2. The monoisotopic (exact) mass is 626 g/mol. The molecule has 3 aliphatic heterocycles. The first-order valence-corrected chi connectivity index (χ1v) is 16.3. The molecule has 0 aromatic rings. The van der Waals surface area contributed by atoms with E-state index in [0.717, 1.165) is 0 Å². The van der Waals surface area contributed by atoms with Crippen molar-refractivity contribution in [1.82, 2.24) is 20.0 Å². The van der Waals surface area contributed by atoms with Crippen molar-refractivity contribution < 1.29 is 39.2 Å². The van der Waals surface area contributed by atoms with Gasteiger partial charge >= 0.3 is 0 Å². The first kappa shape index (κ1) is 36.6. The van der Waals surface area contributed by atoms with Crippen molar-refractivity contribution in [2.45, 2.75) is 129 Å². The predicted octanol–water partition coefficient (Wildman–Crippen LogP) is 0.812. The molecule has 3 heterocycles. The van der Waals surface area contributed by atoms with Crippen LogP contribution >= 0.6 is 0 Å². The standard InChI is InChI=1S/C32H58N4O8/c1-17(2)24-30(41)36-13-11-12-22(36)29(40)35(10)16-18(3)15-32(7,42)27(20(5)25(37)21(6)28(39)33-24)44-31-26(38)23(34(8)9)14-19(4)43-31/h17-27,31,37-38,42H,11-16H2,1-10H3,(H,33,39)/t18-,19-,20+,21-,22-,23+,24+,25+,26-,27-,31+,32-/m1/s1. The van der Waals surface area contributed by atoms with Crippen molar-refractivity contribution >= 4 is 17.7 Å². The molecule has 4 N–H and O–H groups in total. The van der Waals surface area contributed by atoms with Crippen LogP contribution in [0, 0.1) is 23.7 Å². The number of fused-ring (bicyclic) bond motifs is 1. The molecule has 0 aromatic carbocycles. The highest BCUT2D eigenvalue weighted by atomic mass is 16.7. The van der Waals surface area contributed by atoms with Gasteiger partial charge in [-0.1, -0.05) is 34.6 Å². The Kier molecular flexibility index (Phi) is 12.3. The summed E-state index contributed by atoms with van der Waals surface area (Å²) in [5.41, 5.74) is -1.54. The first-order chi connectivity index (χ1) is 20.4. The number of nitrogens with one attached hydrogen (secondary N) is 1. The van der Waals surface area contributed by atoms with Crippen molar-refractivity contribution in [2.75, 3.05) is 34.2 Å². The Labute approximate surface area is 263 Å². The van der Waals surface area contributed by atoms with Gasteiger partial charge in [-0.3, -0.25) is 14.4 Å². The molecule has 0 aromatic heterocycles. The molecule has 12 heteroatoms. The van der Waals surface area contributed by atoms with Gasteiger partial charge in [0.25, 0.3) is 0 Å². The molecular weight excluding hydrogens is 568 g/mol. The number of hydrogen-bond donors (Lipinski definition) is 4. The maximum atomic E-state index is 13.7. The van der Waals surface area contributed by atoms with Gasteiger partial charge in [-0.15, -0.1) is 0 Å². The number of hydrogen-bond acceptors (Lipinski definition) is 9. The van der Waals surface area contributed by atoms with Crippen LogP contribution in [-0.4, -0.2) is 136 Å². The number of carbonyl (C=O) groups is 3. The van der Waals surface area contributed by atoms with E-state index in [4.69, 9.17) is 9.47 Å². The summed E-state index contributed by atoms with van der Waals surface area (Å²) in [5.74, 6) is -3.17. The first-order valence-electron chi connectivity index (χ1n) is 16.3. The molecule has 254 valence electrons. The van der Waals surface area contributed by atoms with Gasteiger partial charge in [0.05, 0.1) is 29.8 Å². The SMILES string of the molecule is CC(C)[C@@H]1NC(=O)[C@H](C)[C@@H](O)[C@H](C)[C@@H](O[C@@H]2O[C@H](C)C[C@H](N(C)C)[C@H]2O)[C@](C)(O)C[C@@H](C)CN(C)C(=O)[C@H]2CCCN2C1=O. The average molecular weight is 627 g/mol. The van der Waals surface area contributed by atoms with Crippen LogP contribution in [0.4, 0.5) is 0 Å². The van der Waals surface area contributed by atoms with Crippen molar-refractivity contribution in [3.05, 3.63) is 0 Å². The maximum Gasteiger partial charge on any atom is 0.246 e. The van der Waals surface area contributed by atoms with Gasteiger partial charge < -0.3 is 44.8 Å². The molecule has 3 fully saturated rings. The molecule has 0 spiro atoms. The van der Waals surface area contributed by atoms with Gasteiger partial charge in [0, 0.05) is 32.1 Å². The number of aliphatic hydroxyl groups is 3. The van der Waals surface area contributed by atoms with E-state index in [1.807, 2.05) is 46.7 Å². The van der Waals surface area contributed by atoms with Crippen LogP contribution < -0.4 is 5.32 Å². The third-order valence-corrected chi connectivity index (χ3v) is 9.89. The molecule has 0 aliphatic carbocycles. The fourth-order valence-electron chi connectivity index (χ4n) is 7.39. The van der Waals surface area contributed by atoms with E-state index in [1.54, 1.807) is 37.6 Å². The Hall–Kier alpha value is -1.83. The van der Waals surface area contributed by atoms with Crippen LogP contribution in [0.1, 0.15) is 74.1 Å². The predicted molar refractivity (Wildman–Crippen MR) is 165 cm³/mol. The fourth-order valence-corrected chi connectivity index (χ4v) is 7.39. The van der Waals surface area contributed by atoms with Gasteiger partial charge in [0.2, 0.25) is 17.7 Å².